The molecule has 0 radical (unpaired) electrons. The van der Waals surface area contributed by atoms with E-state index < -0.39 is 10.7 Å². The number of carbonyl (C=O) groups excluding carboxylic acids is 1. The first-order chi connectivity index (χ1) is 13.5. The number of hydrogen-bond donors (Lipinski definition) is 0. The topological polar surface area (TPSA) is 108 Å². The number of fused-ring (bicyclic) bond motifs is 3. The van der Waals surface area contributed by atoms with Crippen LogP contribution < -0.4 is 5.56 Å². The molecule has 1 aliphatic carbocycles. The highest BCUT2D eigenvalue weighted by molar-refractivity contribution is 7.18. The van der Waals surface area contributed by atoms with Crippen molar-refractivity contribution in [3.63, 3.8) is 0 Å². The first-order valence-electron chi connectivity index (χ1n) is 9.20. The maximum atomic E-state index is 13.0. The molecule has 2 heterocycles. The molecule has 0 atom stereocenters. The molecule has 4 rings (SSSR count). The van der Waals surface area contributed by atoms with Gasteiger partial charge in [-0.2, -0.15) is 0 Å². The maximum absolute atomic E-state index is 13.0. The van der Waals surface area contributed by atoms with Gasteiger partial charge in [-0.25, -0.2) is 4.68 Å². The molecule has 0 unspecified atom stereocenters. The molecule has 0 fully saturated rings. The smallest absolute Gasteiger partial charge is 0.279 e. The maximum Gasteiger partial charge on any atom is 0.279 e. The second kappa shape index (κ2) is 7.59. The molecule has 0 spiro atoms. The molecule has 28 heavy (non-hydrogen) atoms. The minimum atomic E-state index is -0.558. The number of nitro benzene ring substituents is 1. The Morgan fingerprint density at radius 1 is 1.21 bits per heavy atom. The van der Waals surface area contributed by atoms with Crippen molar-refractivity contribution in [2.75, 3.05) is 0 Å². The fraction of sp³-hybridized carbons (Fsp3) is 0.368. The van der Waals surface area contributed by atoms with E-state index in [9.17, 15) is 19.7 Å². The Bertz CT molecular complexity index is 1130. The number of ketones is 1. The largest absolute Gasteiger partial charge is 0.292 e. The summed E-state index contributed by atoms with van der Waals surface area (Å²) in [5, 5.41) is 19.6. The van der Waals surface area contributed by atoms with Crippen molar-refractivity contribution in [2.45, 2.75) is 45.1 Å². The van der Waals surface area contributed by atoms with Gasteiger partial charge in [0.1, 0.15) is 6.54 Å². The lowest BCUT2D eigenvalue weighted by Crippen LogP contribution is -2.28. The molecular weight excluding hydrogens is 380 g/mol. The molecule has 0 N–H and O–H groups in total. The molecular formula is C19H18N4O4S. The summed E-state index contributed by atoms with van der Waals surface area (Å²) >= 11 is 1.52. The lowest BCUT2D eigenvalue weighted by molar-refractivity contribution is -0.384. The quantitative estimate of drug-likeness (QED) is 0.379. The van der Waals surface area contributed by atoms with Gasteiger partial charge in [-0.05, 0) is 31.2 Å². The van der Waals surface area contributed by atoms with Crippen LogP contribution in [0.25, 0.3) is 10.2 Å². The second-order valence-electron chi connectivity index (χ2n) is 6.88. The molecule has 3 aromatic rings. The zero-order valence-corrected chi connectivity index (χ0v) is 15.9. The van der Waals surface area contributed by atoms with Crippen LogP contribution in [0.15, 0.2) is 29.1 Å². The Labute approximate surface area is 164 Å². The summed E-state index contributed by atoms with van der Waals surface area (Å²) in [6, 6.07) is 5.47. The number of nitro groups is 1. The average Bonchev–Trinajstić information content (AvgIpc) is 3.01. The molecule has 2 aromatic heterocycles. The van der Waals surface area contributed by atoms with Crippen LogP contribution in [0.1, 0.15) is 46.5 Å². The van der Waals surface area contributed by atoms with Crippen molar-refractivity contribution in [3.05, 3.63) is 60.7 Å². The predicted octanol–water partition coefficient (Wildman–Crippen LogP) is 3.30. The van der Waals surface area contributed by atoms with Crippen molar-refractivity contribution >= 4 is 33.0 Å². The van der Waals surface area contributed by atoms with Crippen molar-refractivity contribution in [1.82, 2.24) is 15.0 Å². The monoisotopic (exact) mass is 398 g/mol. The summed E-state index contributed by atoms with van der Waals surface area (Å²) < 4.78 is 1.06. The van der Waals surface area contributed by atoms with E-state index in [4.69, 9.17) is 0 Å². The van der Waals surface area contributed by atoms with Gasteiger partial charge in [0.25, 0.3) is 11.2 Å². The van der Waals surface area contributed by atoms with Gasteiger partial charge < -0.3 is 0 Å². The summed E-state index contributed by atoms with van der Waals surface area (Å²) in [5.74, 6) is -0.419. The van der Waals surface area contributed by atoms with E-state index in [1.165, 1.54) is 46.9 Å². The van der Waals surface area contributed by atoms with Crippen LogP contribution >= 0.6 is 11.3 Å². The van der Waals surface area contributed by atoms with Gasteiger partial charge in [-0.1, -0.05) is 30.2 Å². The Morgan fingerprint density at radius 3 is 2.79 bits per heavy atom. The van der Waals surface area contributed by atoms with Gasteiger partial charge >= 0.3 is 0 Å². The second-order valence-corrected chi connectivity index (χ2v) is 7.96. The van der Waals surface area contributed by atoms with Crippen LogP contribution in [0.3, 0.4) is 0 Å². The molecule has 144 valence electrons. The highest BCUT2D eigenvalue weighted by Gasteiger charge is 2.20. The van der Waals surface area contributed by atoms with Crippen molar-refractivity contribution < 1.29 is 9.72 Å². The SMILES string of the molecule is O=C(Cn1nnc2sc3c(c2c1=O)CCCCCC3)c1cccc([N+](=O)[O-])c1. The molecule has 0 amide bonds. The van der Waals surface area contributed by atoms with Crippen LogP contribution in [-0.4, -0.2) is 25.7 Å². The van der Waals surface area contributed by atoms with Gasteiger partial charge in [-0.15, -0.1) is 16.4 Å². The fourth-order valence-corrected chi connectivity index (χ4v) is 4.78. The number of hydrogen-bond acceptors (Lipinski definition) is 7. The van der Waals surface area contributed by atoms with E-state index in [-0.39, 0.29) is 23.4 Å². The van der Waals surface area contributed by atoms with Gasteiger partial charge in [-0.3, -0.25) is 19.7 Å². The Morgan fingerprint density at radius 2 is 2.00 bits per heavy atom. The third kappa shape index (κ3) is 3.45. The Kier molecular flexibility index (Phi) is 4.99. The highest BCUT2D eigenvalue weighted by Crippen LogP contribution is 2.31. The molecule has 0 saturated heterocycles. The number of rotatable bonds is 4. The zero-order valence-electron chi connectivity index (χ0n) is 15.1. The molecule has 1 aliphatic rings. The molecule has 0 saturated carbocycles. The van der Waals surface area contributed by atoms with E-state index in [1.54, 1.807) is 0 Å². The normalized spacial score (nSPS) is 14.3. The number of aryl methyl sites for hydroxylation is 2. The van der Waals surface area contributed by atoms with Crippen LogP contribution in [0.5, 0.6) is 0 Å². The number of thiophene rings is 1. The van der Waals surface area contributed by atoms with Crippen LogP contribution in [0, 0.1) is 10.1 Å². The summed E-state index contributed by atoms with van der Waals surface area (Å²) in [6.45, 7) is -0.298. The summed E-state index contributed by atoms with van der Waals surface area (Å²) in [5.41, 5.74) is 0.737. The lowest BCUT2D eigenvalue weighted by Gasteiger charge is -2.09. The van der Waals surface area contributed by atoms with Crippen molar-refractivity contribution in [1.29, 1.82) is 0 Å². The van der Waals surface area contributed by atoms with E-state index >= 15 is 0 Å². The van der Waals surface area contributed by atoms with Crippen molar-refractivity contribution in [2.24, 2.45) is 0 Å². The third-order valence-electron chi connectivity index (χ3n) is 5.02. The van der Waals surface area contributed by atoms with Gasteiger partial charge in [0.2, 0.25) is 0 Å². The van der Waals surface area contributed by atoms with E-state index in [0.29, 0.717) is 10.2 Å². The number of carbonyl (C=O) groups is 1. The number of aromatic nitrogens is 3. The standard InChI is InChI=1S/C19H18N4O4S/c24-15(12-6-5-7-13(10-12)23(26)27)11-22-19(25)17-14-8-3-1-2-4-9-16(14)28-18(17)20-21-22/h5-7,10H,1-4,8-9,11H2. The summed E-state index contributed by atoms with van der Waals surface area (Å²) in [4.78, 5) is 37.7. The van der Waals surface area contributed by atoms with E-state index in [1.807, 2.05) is 0 Å². The van der Waals surface area contributed by atoms with Crippen LogP contribution in [0.4, 0.5) is 5.69 Å². The molecule has 0 bridgehead atoms. The first kappa shape index (κ1) is 18.4. The molecule has 1 aromatic carbocycles. The Hall–Kier alpha value is -2.94. The van der Waals surface area contributed by atoms with Crippen LogP contribution in [0.2, 0.25) is 0 Å². The Balaban J connectivity index is 1.69. The van der Waals surface area contributed by atoms with Gasteiger partial charge in [0.05, 0.1) is 10.3 Å². The number of nitrogens with zero attached hydrogens (tertiary/aromatic N) is 4. The minimum absolute atomic E-state index is 0.168. The molecule has 9 heteroatoms. The van der Waals surface area contributed by atoms with Crippen LogP contribution in [-0.2, 0) is 19.4 Å². The molecule has 0 aliphatic heterocycles. The first-order valence-corrected chi connectivity index (χ1v) is 10.0. The third-order valence-corrected chi connectivity index (χ3v) is 6.19. The summed E-state index contributed by atoms with van der Waals surface area (Å²) in [7, 11) is 0. The van der Waals surface area contributed by atoms with E-state index in [2.05, 4.69) is 10.3 Å². The fourth-order valence-electron chi connectivity index (χ4n) is 3.58. The van der Waals surface area contributed by atoms with Gasteiger partial charge in [0, 0.05) is 22.6 Å². The minimum Gasteiger partial charge on any atom is -0.292 e. The molecule has 8 nitrogen and oxygen atoms in total. The van der Waals surface area contributed by atoms with E-state index in [0.717, 1.165) is 42.3 Å². The zero-order chi connectivity index (χ0) is 19.7. The average molecular weight is 398 g/mol. The van der Waals surface area contributed by atoms with Crippen molar-refractivity contribution in [3.8, 4) is 0 Å². The number of non-ortho nitro benzene ring substituents is 1. The van der Waals surface area contributed by atoms with Gasteiger partial charge in [0.15, 0.2) is 10.6 Å². The summed E-state index contributed by atoms with van der Waals surface area (Å²) in [6.07, 6.45) is 6.27. The highest BCUT2D eigenvalue weighted by atomic mass is 32.1. The number of Topliss-reactive ketones (excluding diaryl/α,β-unsaturated/α-hetero) is 1. The lowest BCUT2D eigenvalue weighted by atomic mass is 9.98. The predicted molar refractivity (Wildman–Crippen MR) is 105 cm³/mol. The number of benzene rings is 1.